The van der Waals surface area contributed by atoms with Crippen molar-refractivity contribution in [2.75, 3.05) is 0 Å². The van der Waals surface area contributed by atoms with Crippen molar-refractivity contribution in [3.8, 4) is 5.75 Å². The van der Waals surface area contributed by atoms with Crippen LogP contribution in [0.5, 0.6) is 5.75 Å². The summed E-state index contributed by atoms with van der Waals surface area (Å²) in [4.78, 5) is 0. The molecule has 0 aliphatic heterocycles. The third-order valence-electron chi connectivity index (χ3n) is 8.21. The maximum atomic E-state index is 14.3. The van der Waals surface area contributed by atoms with Gasteiger partial charge in [-0.05, 0) is 97.6 Å². The molecule has 0 unspecified atom stereocenters. The molecule has 180 valence electrons. The lowest BCUT2D eigenvalue weighted by molar-refractivity contribution is 0.155. The van der Waals surface area contributed by atoms with Gasteiger partial charge in [-0.1, -0.05) is 57.6 Å². The van der Waals surface area contributed by atoms with Gasteiger partial charge in [-0.15, -0.1) is 0 Å². The Kier molecular flexibility index (Phi) is 8.81. The first kappa shape index (κ1) is 24.2. The van der Waals surface area contributed by atoms with Crippen LogP contribution >= 0.6 is 0 Å². The van der Waals surface area contributed by atoms with E-state index in [1.807, 2.05) is 12.1 Å². The fraction of sp³-hybridized carbons (Fsp3) is 0.600. The van der Waals surface area contributed by atoms with Gasteiger partial charge < -0.3 is 4.74 Å². The maximum Gasteiger partial charge on any atom is 0.127 e. The number of rotatable bonds is 9. The first-order valence-corrected chi connectivity index (χ1v) is 13.3. The first-order valence-electron chi connectivity index (χ1n) is 13.3. The maximum absolute atomic E-state index is 14.3. The summed E-state index contributed by atoms with van der Waals surface area (Å²) in [5.41, 5.74) is 1.81. The summed E-state index contributed by atoms with van der Waals surface area (Å²) in [7, 11) is 0. The highest BCUT2D eigenvalue weighted by Crippen LogP contribution is 2.45. The van der Waals surface area contributed by atoms with Gasteiger partial charge in [0.15, 0.2) is 0 Å². The minimum absolute atomic E-state index is 0.245. The molecule has 4 rings (SSSR count). The molecule has 2 aromatic carbocycles. The molecule has 0 saturated heterocycles. The Morgan fingerprint density at radius 2 is 1.52 bits per heavy atom. The van der Waals surface area contributed by atoms with Crippen molar-refractivity contribution in [3.63, 3.8) is 0 Å². The SMILES string of the molecule is CCCCCC1CCC(C2CCC(c3cc(F)cc(OCc4cccc(F)c4)c3)CC2)CC1. The predicted octanol–water partition coefficient (Wildman–Crippen LogP) is 9.20. The van der Waals surface area contributed by atoms with Crippen LogP contribution in [0.1, 0.15) is 101 Å². The highest BCUT2D eigenvalue weighted by Gasteiger charge is 2.31. The summed E-state index contributed by atoms with van der Waals surface area (Å²) in [5, 5.41) is 0. The summed E-state index contributed by atoms with van der Waals surface area (Å²) in [6, 6.07) is 11.5. The third-order valence-corrected chi connectivity index (χ3v) is 8.21. The largest absolute Gasteiger partial charge is 0.489 e. The van der Waals surface area contributed by atoms with Crippen molar-refractivity contribution in [1.29, 1.82) is 0 Å². The highest BCUT2D eigenvalue weighted by atomic mass is 19.1. The lowest BCUT2D eigenvalue weighted by Crippen LogP contribution is -2.25. The Hall–Kier alpha value is -1.90. The second-order valence-corrected chi connectivity index (χ2v) is 10.5. The van der Waals surface area contributed by atoms with E-state index in [2.05, 4.69) is 6.92 Å². The zero-order chi connectivity index (χ0) is 23.0. The Bertz CT molecular complexity index is 863. The van der Waals surface area contributed by atoms with Gasteiger partial charge in [0.2, 0.25) is 0 Å². The zero-order valence-corrected chi connectivity index (χ0v) is 20.2. The molecule has 2 aliphatic rings. The minimum Gasteiger partial charge on any atom is -0.489 e. The van der Waals surface area contributed by atoms with Crippen LogP contribution in [0, 0.1) is 29.4 Å². The number of halogens is 2. The van der Waals surface area contributed by atoms with Gasteiger partial charge in [-0.25, -0.2) is 8.78 Å². The van der Waals surface area contributed by atoms with E-state index in [1.165, 1.54) is 82.4 Å². The van der Waals surface area contributed by atoms with Gasteiger partial charge in [0.25, 0.3) is 0 Å². The molecule has 2 saturated carbocycles. The van der Waals surface area contributed by atoms with Crippen LogP contribution in [0.3, 0.4) is 0 Å². The molecule has 2 aromatic rings. The lowest BCUT2D eigenvalue weighted by atomic mass is 9.68. The van der Waals surface area contributed by atoms with Crippen LogP contribution in [0.4, 0.5) is 8.78 Å². The van der Waals surface area contributed by atoms with Gasteiger partial charge in [0, 0.05) is 6.07 Å². The summed E-state index contributed by atoms with van der Waals surface area (Å²) in [6.07, 6.45) is 16.1. The Morgan fingerprint density at radius 1 is 0.788 bits per heavy atom. The predicted molar refractivity (Wildman–Crippen MR) is 131 cm³/mol. The number of ether oxygens (including phenoxy) is 1. The molecule has 0 N–H and O–H groups in total. The number of hydrogen-bond donors (Lipinski definition) is 0. The van der Waals surface area contributed by atoms with Crippen LogP contribution in [0.15, 0.2) is 42.5 Å². The van der Waals surface area contributed by atoms with Crippen molar-refractivity contribution in [2.24, 2.45) is 17.8 Å². The van der Waals surface area contributed by atoms with E-state index in [0.717, 1.165) is 41.7 Å². The Labute approximate surface area is 198 Å². The van der Waals surface area contributed by atoms with E-state index >= 15 is 0 Å². The number of unbranched alkanes of at least 4 members (excludes halogenated alkanes) is 2. The van der Waals surface area contributed by atoms with E-state index < -0.39 is 0 Å². The Balaban J connectivity index is 1.26. The van der Waals surface area contributed by atoms with Crippen molar-refractivity contribution in [2.45, 2.75) is 96.5 Å². The van der Waals surface area contributed by atoms with Crippen LogP contribution in [-0.4, -0.2) is 0 Å². The quantitative estimate of drug-likeness (QED) is 0.343. The molecule has 33 heavy (non-hydrogen) atoms. The second-order valence-electron chi connectivity index (χ2n) is 10.5. The second kappa shape index (κ2) is 12.0. The molecule has 0 spiro atoms. The summed E-state index contributed by atoms with van der Waals surface area (Å²) in [5.74, 6) is 3.17. The lowest BCUT2D eigenvalue weighted by Gasteiger charge is -2.38. The van der Waals surface area contributed by atoms with Crippen LogP contribution in [0.25, 0.3) is 0 Å². The summed E-state index contributed by atoms with van der Waals surface area (Å²) >= 11 is 0. The van der Waals surface area contributed by atoms with E-state index in [-0.39, 0.29) is 18.2 Å². The van der Waals surface area contributed by atoms with Gasteiger partial charge in [0.05, 0.1) is 0 Å². The highest BCUT2D eigenvalue weighted by molar-refractivity contribution is 5.32. The average molecular weight is 455 g/mol. The fourth-order valence-corrected chi connectivity index (χ4v) is 6.25. The van der Waals surface area contributed by atoms with Crippen molar-refractivity contribution < 1.29 is 13.5 Å². The van der Waals surface area contributed by atoms with Crippen molar-refractivity contribution in [3.05, 3.63) is 65.2 Å². The van der Waals surface area contributed by atoms with Crippen LogP contribution in [-0.2, 0) is 6.61 Å². The van der Waals surface area contributed by atoms with E-state index in [4.69, 9.17) is 4.74 Å². The van der Waals surface area contributed by atoms with E-state index in [0.29, 0.717) is 11.7 Å². The zero-order valence-electron chi connectivity index (χ0n) is 20.2. The molecule has 0 heterocycles. The molecular formula is C30H40F2O. The molecule has 0 radical (unpaired) electrons. The monoisotopic (exact) mass is 454 g/mol. The molecule has 0 bridgehead atoms. The summed E-state index contributed by atoms with van der Waals surface area (Å²) in [6.45, 7) is 2.53. The molecule has 0 aromatic heterocycles. The number of benzene rings is 2. The van der Waals surface area contributed by atoms with E-state index in [9.17, 15) is 8.78 Å². The van der Waals surface area contributed by atoms with Gasteiger partial charge in [-0.3, -0.25) is 0 Å². The molecule has 2 aliphatic carbocycles. The average Bonchev–Trinajstić information content (AvgIpc) is 2.83. The van der Waals surface area contributed by atoms with Crippen LogP contribution in [0.2, 0.25) is 0 Å². The standard InChI is InChI=1S/C30H40F2O/c1-2-3-4-6-22-9-11-24(12-10-22)25-13-15-26(16-14-25)27-18-29(32)20-30(19-27)33-21-23-7-5-8-28(31)17-23/h5,7-8,17-20,22,24-26H,2-4,6,9-16,21H2,1H3. The third kappa shape index (κ3) is 7.04. The summed E-state index contributed by atoms with van der Waals surface area (Å²) < 4.78 is 33.6. The van der Waals surface area contributed by atoms with Gasteiger partial charge in [0.1, 0.15) is 24.0 Å². The first-order chi connectivity index (χ1) is 16.1. The molecular weight excluding hydrogens is 414 g/mol. The smallest absolute Gasteiger partial charge is 0.127 e. The van der Waals surface area contributed by atoms with Crippen LogP contribution < -0.4 is 4.74 Å². The molecule has 3 heteroatoms. The molecule has 0 atom stereocenters. The van der Waals surface area contributed by atoms with Crippen molar-refractivity contribution in [1.82, 2.24) is 0 Å². The number of hydrogen-bond acceptors (Lipinski definition) is 1. The topological polar surface area (TPSA) is 9.23 Å². The van der Waals surface area contributed by atoms with Gasteiger partial charge >= 0.3 is 0 Å². The minimum atomic E-state index is -0.280. The molecule has 0 amide bonds. The van der Waals surface area contributed by atoms with Gasteiger partial charge in [-0.2, -0.15) is 0 Å². The molecule has 1 nitrogen and oxygen atoms in total. The fourth-order valence-electron chi connectivity index (χ4n) is 6.25. The molecule has 2 fully saturated rings. The van der Waals surface area contributed by atoms with E-state index in [1.54, 1.807) is 12.1 Å². The Morgan fingerprint density at radius 3 is 2.21 bits per heavy atom. The normalized spacial score (nSPS) is 25.7. The van der Waals surface area contributed by atoms with Crippen molar-refractivity contribution >= 4 is 0 Å².